The Bertz CT molecular complexity index is 669. The van der Waals surface area contributed by atoms with Crippen molar-refractivity contribution in [3.8, 4) is 0 Å². The van der Waals surface area contributed by atoms with Crippen LogP contribution in [0.5, 0.6) is 0 Å². The Labute approximate surface area is 179 Å². The standard InChI is InChI=1S/C20H30N4O2.2ClH/c1-24(2)9-8-22-19(25)16-5-3-4-13(10-16)12-23-20(26)17-14-6-7-15(11-14)18(17)21;;/h3-5,10,14-15,17-18H,6-9,11-12,21H2,1-2H3,(H,22,25)(H,23,26);2*1H. The Hall–Kier alpha value is -1.34. The second kappa shape index (κ2) is 11.0. The van der Waals surface area contributed by atoms with Gasteiger partial charge in [-0.15, -0.1) is 24.8 Å². The first-order chi connectivity index (χ1) is 12.5. The summed E-state index contributed by atoms with van der Waals surface area (Å²) in [5.74, 6) is 0.890. The van der Waals surface area contributed by atoms with Gasteiger partial charge in [-0.25, -0.2) is 0 Å². The predicted molar refractivity (Wildman–Crippen MR) is 116 cm³/mol. The maximum Gasteiger partial charge on any atom is 0.251 e. The number of halogens is 2. The molecule has 2 aliphatic carbocycles. The van der Waals surface area contributed by atoms with E-state index in [9.17, 15) is 9.59 Å². The second-order valence-electron chi connectivity index (χ2n) is 7.91. The van der Waals surface area contributed by atoms with Crippen LogP contribution in [0.15, 0.2) is 24.3 Å². The molecule has 4 unspecified atom stereocenters. The van der Waals surface area contributed by atoms with Crippen molar-refractivity contribution in [1.29, 1.82) is 0 Å². The molecule has 2 fully saturated rings. The third-order valence-electron chi connectivity index (χ3n) is 5.78. The average Bonchev–Trinajstić information content (AvgIpc) is 3.20. The summed E-state index contributed by atoms with van der Waals surface area (Å²) in [5.41, 5.74) is 7.79. The maximum absolute atomic E-state index is 12.6. The highest BCUT2D eigenvalue weighted by molar-refractivity contribution is 5.94. The third kappa shape index (κ3) is 5.83. The molecular formula is C20H32Cl2N4O2. The number of carbonyl (C=O) groups excluding carboxylic acids is 2. The average molecular weight is 431 g/mol. The highest BCUT2D eigenvalue weighted by Gasteiger charge is 2.48. The molecule has 6 nitrogen and oxygen atoms in total. The summed E-state index contributed by atoms with van der Waals surface area (Å²) in [6.45, 7) is 1.83. The summed E-state index contributed by atoms with van der Waals surface area (Å²) in [4.78, 5) is 26.8. The Morgan fingerprint density at radius 3 is 2.50 bits per heavy atom. The van der Waals surface area contributed by atoms with Crippen LogP contribution < -0.4 is 16.4 Å². The number of benzene rings is 1. The lowest BCUT2D eigenvalue weighted by molar-refractivity contribution is -0.127. The molecule has 4 atom stereocenters. The van der Waals surface area contributed by atoms with Gasteiger partial charge in [0.1, 0.15) is 0 Å². The van der Waals surface area contributed by atoms with Crippen LogP contribution in [0.1, 0.15) is 35.2 Å². The smallest absolute Gasteiger partial charge is 0.251 e. The normalized spacial score (nSPS) is 25.0. The minimum atomic E-state index is -0.0878. The number of nitrogens with one attached hydrogen (secondary N) is 2. The number of amides is 2. The molecule has 2 bridgehead atoms. The lowest BCUT2D eigenvalue weighted by atomic mass is 9.84. The summed E-state index contributed by atoms with van der Waals surface area (Å²) >= 11 is 0. The Morgan fingerprint density at radius 1 is 1.14 bits per heavy atom. The first kappa shape index (κ1) is 24.7. The molecule has 0 aliphatic heterocycles. The van der Waals surface area contributed by atoms with Crippen LogP contribution in [-0.2, 0) is 11.3 Å². The van der Waals surface area contributed by atoms with Gasteiger partial charge in [-0.05, 0) is 62.9 Å². The van der Waals surface area contributed by atoms with Crippen LogP contribution in [0.2, 0.25) is 0 Å². The van der Waals surface area contributed by atoms with Crippen LogP contribution in [0, 0.1) is 17.8 Å². The maximum atomic E-state index is 12.6. The Balaban J connectivity index is 0.00000196. The van der Waals surface area contributed by atoms with E-state index in [1.54, 1.807) is 6.07 Å². The fourth-order valence-corrected chi connectivity index (χ4v) is 4.35. The molecule has 4 N–H and O–H groups in total. The molecule has 1 aromatic carbocycles. The topological polar surface area (TPSA) is 87.5 Å². The van der Waals surface area contributed by atoms with Crippen molar-refractivity contribution in [3.63, 3.8) is 0 Å². The van der Waals surface area contributed by atoms with Gasteiger partial charge in [0.15, 0.2) is 0 Å². The van der Waals surface area contributed by atoms with E-state index in [-0.39, 0.29) is 48.6 Å². The molecule has 2 saturated carbocycles. The van der Waals surface area contributed by atoms with E-state index in [0.717, 1.165) is 24.9 Å². The number of hydrogen-bond acceptors (Lipinski definition) is 4. The summed E-state index contributed by atoms with van der Waals surface area (Å²) in [5, 5.41) is 5.93. The van der Waals surface area contributed by atoms with E-state index >= 15 is 0 Å². The number of likely N-dealkylation sites (N-methyl/N-ethyl adjacent to an activating group) is 1. The first-order valence-electron chi connectivity index (χ1n) is 9.51. The zero-order valence-corrected chi connectivity index (χ0v) is 18.2. The quantitative estimate of drug-likeness (QED) is 0.615. The SMILES string of the molecule is CN(C)CCNC(=O)c1cccc(CNC(=O)C2C3CCC(C3)C2N)c1.Cl.Cl. The summed E-state index contributed by atoms with van der Waals surface area (Å²) in [7, 11) is 3.94. The largest absolute Gasteiger partial charge is 0.352 e. The molecule has 0 aromatic heterocycles. The molecule has 0 saturated heterocycles. The Kier molecular flexibility index (Phi) is 9.70. The number of nitrogens with zero attached hydrogens (tertiary/aromatic N) is 1. The van der Waals surface area contributed by atoms with Crippen molar-refractivity contribution in [1.82, 2.24) is 15.5 Å². The predicted octanol–water partition coefficient (Wildman–Crippen LogP) is 1.81. The van der Waals surface area contributed by atoms with Gasteiger partial charge in [0.25, 0.3) is 5.91 Å². The second-order valence-corrected chi connectivity index (χ2v) is 7.91. The van der Waals surface area contributed by atoms with E-state index in [1.807, 2.05) is 37.2 Å². The van der Waals surface area contributed by atoms with E-state index in [2.05, 4.69) is 10.6 Å². The van der Waals surface area contributed by atoms with E-state index < -0.39 is 0 Å². The van der Waals surface area contributed by atoms with Crippen LogP contribution in [0.3, 0.4) is 0 Å². The molecule has 0 spiro atoms. The molecule has 1 aromatic rings. The molecule has 28 heavy (non-hydrogen) atoms. The summed E-state index contributed by atoms with van der Waals surface area (Å²) in [6.07, 6.45) is 3.39. The van der Waals surface area contributed by atoms with Crippen LogP contribution in [-0.4, -0.2) is 49.9 Å². The number of fused-ring (bicyclic) bond motifs is 2. The summed E-state index contributed by atoms with van der Waals surface area (Å²) in [6, 6.07) is 7.42. The van der Waals surface area contributed by atoms with Crippen molar-refractivity contribution in [3.05, 3.63) is 35.4 Å². The van der Waals surface area contributed by atoms with E-state index in [4.69, 9.17) is 5.73 Å². The van der Waals surface area contributed by atoms with Crippen molar-refractivity contribution in [2.45, 2.75) is 31.8 Å². The molecule has 0 heterocycles. The van der Waals surface area contributed by atoms with Gasteiger partial charge >= 0.3 is 0 Å². The lowest BCUT2D eigenvalue weighted by Gasteiger charge is -2.27. The first-order valence-corrected chi connectivity index (χ1v) is 9.51. The minimum Gasteiger partial charge on any atom is -0.352 e. The van der Waals surface area contributed by atoms with E-state index in [1.165, 1.54) is 6.42 Å². The Morgan fingerprint density at radius 2 is 1.86 bits per heavy atom. The fourth-order valence-electron chi connectivity index (χ4n) is 4.35. The number of carbonyl (C=O) groups is 2. The van der Waals surface area contributed by atoms with Crippen molar-refractivity contribution in [2.75, 3.05) is 27.2 Å². The molecule has 8 heteroatoms. The number of nitrogens with two attached hydrogens (primary N) is 1. The molecule has 3 rings (SSSR count). The van der Waals surface area contributed by atoms with E-state index in [0.29, 0.717) is 30.5 Å². The van der Waals surface area contributed by atoms with Gasteiger partial charge in [-0.2, -0.15) is 0 Å². The van der Waals surface area contributed by atoms with Gasteiger partial charge in [0, 0.05) is 31.2 Å². The van der Waals surface area contributed by atoms with Gasteiger partial charge in [-0.3, -0.25) is 9.59 Å². The molecular weight excluding hydrogens is 399 g/mol. The zero-order chi connectivity index (χ0) is 18.7. The van der Waals surface area contributed by atoms with Crippen LogP contribution in [0.4, 0.5) is 0 Å². The molecule has 2 aliphatic rings. The van der Waals surface area contributed by atoms with Gasteiger partial charge in [-0.1, -0.05) is 12.1 Å². The third-order valence-corrected chi connectivity index (χ3v) is 5.78. The van der Waals surface area contributed by atoms with Crippen LogP contribution >= 0.6 is 24.8 Å². The van der Waals surface area contributed by atoms with Gasteiger partial charge < -0.3 is 21.3 Å². The highest BCUT2D eigenvalue weighted by atomic mass is 35.5. The number of hydrogen-bond donors (Lipinski definition) is 3. The number of rotatable bonds is 7. The molecule has 0 radical (unpaired) electrons. The molecule has 158 valence electrons. The summed E-state index contributed by atoms with van der Waals surface area (Å²) < 4.78 is 0. The van der Waals surface area contributed by atoms with Gasteiger partial charge in [0.05, 0.1) is 5.92 Å². The van der Waals surface area contributed by atoms with Crippen molar-refractivity contribution in [2.24, 2.45) is 23.5 Å². The van der Waals surface area contributed by atoms with Crippen LogP contribution in [0.25, 0.3) is 0 Å². The monoisotopic (exact) mass is 430 g/mol. The lowest BCUT2D eigenvalue weighted by Crippen LogP contribution is -2.45. The fraction of sp³-hybridized carbons (Fsp3) is 0.600. The zero-order valence-electron chi connectivity index (χ0n) is 16.5. The van der Waals surface area contributed by atoms with Crippen molar-refractivity contribution < 1.29 is 9.59 Å². The van der Waals surface area contributed by atoms with Crippen molar-refractivity contribution >= 4 is 36.6 Å². The molecule has 2 amide bonds. The van der Waals surface area contributed by atoms with Gasteiger partial charge in [0.2, 0.25) is 5.91 Å². The highest BCUT2D eigenvalue weighted by Crippen LogP contribution is 2.47. The minimum absolute atomic E-state index is 0.